The molecule has 0 unspecified atom stereocenters. The van der Waals surface area contributed by atoms with Crippen molar-refractivity contribution in [2.75, 3.05) is 59.5 Å². The summed E-state index contributed by atoms with van der Waals surface area (Å²) in [7, 11) is 2.20. The molecule has 9 heteroatoms. The van der Waals surface area contributed by atoms with Gasteiger partial charge < -0.3 is 19.5 Å². The molecular weight excluding hydrogens is 568 g/mol. The lowest BCUT2D eigenvalue weighted by molar-refractivity contribution is 0.133. The number of aromatic nitrogens is 3. The van der Waals surface area contributed by atoms with Gasteiger partial charge in [0.15, 0.2) is 0 Å². The zero-order chi connectivity index (χ0) is 27.2. The van der Waals surface area contributed by atoms with E-state index in [-0.39, 0.29) is 5.56 Å². The molecule has 1 N–H and O–H groups in total. The molecule has 1 saturated carbocycles. The second-order valence-corrected chi connectivity index (χ2v) is 12.7. The van der Waals surface area contributed by atoms with Crippen molar-refractivity contribution in [2.45, 2.75) is 50.5 Å². The van der Waals surface area contributed by atoms with Crippen LogP contribution in [0.15, 0.2) is 39.6 Å². The Morgan fingerprint density at radius 3 is 2.55 bits per heavy atom. The molecule has 0 spiro atoms. The van der Waals surface area contributed by atoms with E-state index < -0.39 is 0 Å². The zero-order valence-electron chi connectivity index (χ0n) is 23.4. The number of benzene rings is 2. The van der Waals surface area contributed by atoms with Crippen LogP contribution in [0.25, 0.3) is 27.7 Å². The van der Waals surface area contributed by atoms with Crippen LogP contribution in [-0.4, -0.2) is 83.2 Å². The minimum absolute atomic E-state index is 0.174. The predicted octanol–water partition coefficient (Wildman–Crippen LogP) is 4.77. The van der Waals surface area contributed by atoms with Crippen LogP contribution in [-0.2, 0) is 0 Å². The van der Waals surface area contributed by atoms with Crippen molar-refractivity contribution >= 4 is 43.6 Å². The summed E-state index contributed by atoms with van der Waals surface area (Å²) in [6.45, 7) is 8.08. The number of likely N-dealkylation sites (N-methyl/N-ethyl adjacent to an activating group) is 1. The van der Waals surface area contributed by atoms with Crippen molar-refractivity contribution in [2.24, 2.45) is 0 Å². The third-order valence-electron chi connectivity index (χ3n) is 9.40. The molecule has 0 radical (unpaired) electrons. The summed E-state index contributed by atoms with van der Waals surface area (Å²) in [6, 6.07) is 11.0. The number of piperidine rings is 1. The Morgan fingerprint density at radius 1 is 1.00 bits per heavy atom. The summed E-state index contributed by atoms with van der Waals surface area (Å²) in [5.41, 5.74) is 4.27. The van der Waals surface area contributed by atoms with E-state index in [1.165, 1.54) is 23.9 Å². The van der Waals surface area contributed by atoms with E-state index in [2.05, 4.69) is 59.2 Å². The number of rotatable bonds is 6. The van der Waals surface area contributed by atoms with E-state index in [0.717, 1.165) is 98.5 Å². The summed E-state index contributed by atoms with van der Waals surface area (Å²) in [5.74, 6) is 2.20. The molecule has 2 aromatic heterocycles. The Bertz CT molecular complexity index is 1590. The lowest BCUT2D eigenvalue weighted by Gasteiger charge is -2.32. The molecule has 4 aromatic rings. The van der Waals surface area contributed by atoms with Gasteiger partial charge in [-0.25, -0.2) is 0 Å². The second kappa shape index (κ2) is 11.1. The van der Waals surface area contributed by atoms with Gasteiger partial charge in [0.05, 0.1) is 21.9 Å². The number of halogens is 1. The molecule has 2 saturated heterocycles. The Morgan fingerprint density at radius 2 is 1.77 bits per heavy atom. The minimum atomic E-state index is -0.174. The highest BCUT2D eigenvalue weighted by molar-refractivity contribution is 9.10. The Labute approximate surface area is 243 Å². The first-order valence-corrected chi connectivity index (χ1v) is 15.8. The third kappa shape index (κ3) is 4.74. The molecule has 7 rings (SSSR count). The molecule has 0 amide bonds. The third-order valence-corrected chi connectivity index (χ3v) is 10.1. The van der Waals surface area contributed by atoms with E-state index in [0.29, 0.717) is 24.0 Å². The lowest BCUT2D eigenvalue weighted by Crippen LogP contribution is -2.45. The molecule has 0 bridgehead atoms. The largest absolute Gasteiger partial charge is 0.492 e. The van der Waals surface area contributed by atoms with Crippen LogP contribution in [0.3, 0.4) is 0 Å². The van der Waals surface area contributed by atoms with Gasteiger partial charge in [0.25, 0.3) is 5.56 Å². The topological polar surface area (TPSA) is 67.0 Å². The van der Waals surface area contributed by atoms with E-state index in [9.17, 15) is 4.79 Å². The van der Waals surface area contributed by atoms with E-state index in [4.69, 9.17) is 9.72 Å². The lowest BCUT2D eigenvalue weighted by atomic mass is 9.89. The molecule has 3 aliphatic rings. The fraction of sp³-hybridized carbons (Fsp3) is 0.548. The molecule has 0 atom stereocenters. The van der Waals surface area contributed by atoms with Gasteiger partial charge in [0.2, 0.25) is 5.78 Å². The van der Waals surface area contributed by atoms with Gasteiger partial charge in [-0.1, -0.05) is 18.9 Å². The molecule has 3 fully saturated rings. The van der Waals surface area contributed by atoms with Crippen LogP contribution in [0.4, 0.5) is 0 Å². The van der Waals surface area contributed by atoms with Gasteiger partial charge in [-0.2, -0.15) is 4.98 Å². The van der Waals surface area contributed by atoms with Crippen molar-refractivity contribution in [3.63, 3.8) is 0 Å². The number of ether oxygens (including phenoxy) is 1. The molecule has 212 valence electrons. The number of nitrogens with one attached hydrogen (secondary N) is 1. The first-order chi connectivity index (χ1) is 19.6. The summed E-state index contributed by atoms with van der Waals surface area (Å²) in [5, 5.41) is 4.16. The molecule has 2 aliphatic heterocycles. The number of hydrogen-bond donors (Lipinski definition) is 1. The Hall–Kier alpha value is -2.46. The van der Waals surface area contributed by atoms with E-state index >= 15 is 0 Å². The van der Waals surface area contributed by atoms with Crippen LogP contribution >= 0.6 is 15.9 Å². The van der Waals surface area contributed by atoms with E-state index in [1.54, 1.807) is 0 Å². The number of hydrogen-bond acceptors (Lipinski definition) is 6. The predicted molar refractivity (Wildman–Crippen MR) is 164 cm³/mol. The number of imidazole rings is 1. The van der Waals surface area contributed by atoms with Crippen LogP contribution in [0.1, 0.15) is 56.0 Å². The molecule has 1 aliphatic carbocycles. The Balaban J connectivity index is 1.39. The molecule has 40 heavy (non-hydrogen) atoms. The van der Waals surface area contributed by atoms with Crippen LogP contribution in [0, 0.1) is 0 Å². The highest BCUT2D eigenvalue weighted by Gasteiger charge is 2.28. The van der Waals surface area contributed by atoms with Gasteiger partial charge in [0, 0.05) is 49.3 Å². The maximum atomic E-state index is 13.3. The average Bonchev–Trinajstić information content (AvgIpc) is 3.60. The van der Waals surface area contributed by atoms with Crippen LogP contribution in [0.2, 0.25) is 0 Å². The molecule has 8 nitrogen and oxygen atoms in total. The fourth-order valence-electron chi connectivity index (χ4n) is 7.12. The molecule has 2 aromatic carbocycles. The van der Waals surface area contributed by atoms with Crippen molar-refractivity contribution in [3.05, 3.63) is 50.7 Å². The quantitative estimate of drug-likeness (QED) is 0.341. The first kappa shape index (κ1) is 26.4. The SMILES string of the molecule is CN1CCN(CCOc2cc3c(cc2C2CCNCC2)n(C2CCCC2)c2nc(=O)c4c(Br)cccc4n32)CC1. The van der Waals surface area contributed by atoms with Gasteiger partial charge in [-0.05, 0) is 91.4 Å². The summed E-state index contributed by atoms with van der Waals surface area (Å²) in [4.78, 5) is 23.0. The summed E-state index contributed by atoms with van der Waals surface area (Å²) >= 11 is 3.63. The van der Waals surface area contributed by atoms with Crippen molar-refractivity contribution in [1.82, 2.24) is 29.1 Å². The van der Waals surface area contributed by atoms with Gasteiger partial charge in [0.1, 0.15) is 12.4 Å². The van der Waals surface area contributed by atoms with E-state index in [1.807, 2.05) is 18.2 Å². The average molecular weight is 608 g/mol. The van der Waals surface area contributed by atoms with Crippen molar-refractivity contribution in [1.29, 1.82) is 0 Å². The fourth-order valence-corrected chi connectivity index (χ4v) is 7.65. The highest BCUT2D eigenvalue weighted by Crippen LogP contribution is 2.41. The minimum Gasteiger partial charge on any atom is -0.492 e. The summed E-state index contributed by atoms with van der Waals surface area (Å²) in [6.07, 6.45) is 6.89. The van der Waals surface area contributed by atoms with Crippen LogP contribution in [0.5, 0.6) is 5.75 Å². The number of nitrogens with zero attached hydrogens (tertiary/aromatic N) is 5. The Kier molecular flexibility index (Phi) is 7.32. The highest BCUT2D eigenvalue weighted by atomic mass is 79.9. The number of fused-ring (bicyclic) bond motifs is 5. The standard InChI is InChI=1S/C31H39BrN6O2/c1-35-13-15-36(16-14-35)17-18-40-28-20-27-26(19-23(28)21-9-11-33-12-10-21)37(22-5-2-3-6-22)31-34-30(39)29-24(32)7-4-8-25(29)38(27)31/h4,7-8,19-22,33H,2-3,5-6,9-18H2,1H3. The maximum Gasteiger partial charge on any atom is 0.283 e. The monoisotopic (exact) mass is 606 g/mol. The van der Waals surface area contributed by atoms with Gasteiger partial charge >= 0.3 is 0 Å². The van der Waals surface area contributed by atoms with Crippen LogP contribution < -0.4 is 15.6 Å². The van der Waals surface area contributed by atoms with Gasteiger partial charge in [-0.15, -0.1) is 0 Å². The van der Waals surface area contributed by atoms with Gasteiger partial charge in [-0.3, -0.25) is 14.1 Å². The maximum absolute atomic E-state index is 13.3. The smallest absolute Gasteiger partial charge is 0.283 e. The second-order valence-electron chi connectivity index (χ2n) is 11.9. The van der Waals surface area contributed by atoms with Crippen molar-refractivity contribution in [3.8, 4) is 5.75 Å². The normalized spacial score (nSPS) is 20.4. The van der Waals surface area contributed by atoms with Crippen molar-refractivity contribution < 1.29 is 4.74 Å². The molecular formula is C31H39BrN6O2. The summed E-state index contributed by atoms with van der Waals surface area (Å²) < 4.78 is 12.0. The first-order valence-electron chi connectivity index (χ1n) is 15.0. The number of piperazine rings is 1. The zero-order valence-corrected chi connectivity index (χ0v) is 25.0. The molecule has 4 heterocycles.